The fourth-order valence-electron chi connectivity index (χ4n) is 3.03. The highest BCUT2D eigenvalue weighted by Crippen LogP contribution is 2.30. The van der Waals surface area contributed by atoms with Gasteiger partial charge in [0.25, 0.3) is 5.91 Å². The quantitative estimate of drug-likeness (QED) is 0.674. The molecule has 1 aromatic carbocycles. The molecule has 8 heteroatoms. The van der Waals surface area contributed by atoms with Crippen LogP contribution in [-0.4, -0.2) is 65.2 Å². The van der Waals surface area contributed by atoms with Crippen molar-refractivity contribution in [3.05, 3.63) is 48.0 Å². The van der Waals surface area contributed by atoms with Crippen LogP contribution < -0.4 is 4.90 Å². The van der Waals surface area contributed by atoms with Gasteiger partial charge in [-0.1, -0.05) is 17.4 Å². The molecular formula is C19H21N5O2S. The molecule has 140 valence electrons. The van der Waals surface area contributed by atoms with Crippen LogP contribution >= 0.6 is 11.3 Å². The summed E-state index contributed by atoms with van der Waals surface area (Å²) >= 11 is 1.53. The lowest BCUT2D eigenvalue weighted by atomic mass is 10.2. The van der Waals surface area contributed by atoms with Gasteiger partial charge in [0, 0.05) is 38.6 Å². The largest absolute Gasteiger partial charge is 0.379 e. The first-order valence-corrected chi connectivity index (χ1v) is 9.77. The maximum atomic E-state index is 13.1. The first kappa shape index (κ1) is 18.0. The second-order valence-corrected chi connectivity index (χ2v) is 7.48. The van der Waals surface area contributed by atoms with Crippen LogP contribution in [-0.2, 0) is 4.74 Å². The highest BCUT2D eigenvalue weighted by molar-refractivity contribution is 7.22. The van der Waals surface area contributed by atoms with Crippen molar-refractivity contribution in [3.8, 4) is 0 Å². The number of ether oxygens (including phenoxy) is 1. The molecule has 0 radical (unpaired) electrons. The zero-order valence-corrected chi connectivity index (χ0v) is 16.0. The summed E-state index contributed by atoms with van der Waals surface area (Å²) in [5.74, 6) is -0.174. The molecule has 3 heterocycles. The number of aromatic nitrogens is 3. The summed E-state index contributed by atoms with van der Waals surface area (Å²) in [6.45, 7) is 6.60. The highest BCUT2D eigenvalue weighted by atomic mass is 32.1. The Morgan fingerprint density at radius 2 is 2.15 bits per heavy atom. The number of fused-ring (bicyclic) bond motifs is 1. The molecular weight excluding hydrogens is 362 g/mol. The average Bonchev–Trinajstić information content (AvgIpc) is 3.12. The van der Waals surface area contributed by atoms with Gasteiger partial charge in [-0.15, -0.1) is 0 Å². The van der Waals surface area contributed by atoms with E-state index in [9.17, 15) is 4.79 Å². The smallest absolute Gasteiger partial charge is 0.280 e. The molecule has 0 aliphatic carbocycles. The van der Waals surface area contributed by atoms with Crippen molar-refractivity contribution < 1.29 is 9.53 Å². The average molecular weight is 383 g/mol. The third-order valence-electron chi connectivity index (χ3n) is 4.53. The Kier molecular flexibility index (Phi) is 5.38. The summed E-state index contributed by atoms with van der Waals surface area (Å²) in [5.41, 5.74) is 2.41. The van der Waals surface area contributed by atoms with Gasteiger partial charge in [0.2, 0.25) is 0 Å². The van der Waals surface area contributed by atoms with Crippen LogP contribution in [0.4, 0.5) is 5.13 Å². The van der Waals surface area contributed by atoms with Crippen LogP contribution in [0.3, 0.4) is 0 Å². The van der Waals surface area contributed by atoms with Gasteiger partial charge in [-0.3, -0.25) is 19.6 Å². The maximum Gasteiger partial charge on any atom is 0.280 e. The summed E-state index contributed by atoms with van der Waals surface area (Å²) < 4.78 is 6.49. The highest BCUT2D eigenvalue weighted by Gasteiger charge is 2.23. The normalized spacial score (nSPS) is 15.1. The Morgan fingerprint density at radius 1 is 1.30 bits per heavy atom. The van der Waals surface area contributed by atoms with Crippen molar-refractivity contribution in [1.29, 1.82) is 0 Å². The van der Waals surface area contributed by atoms with Gasteiger partial charge >= 0.3 is 0 Å². The molecule has 0 atom stereocenters. The Balaban J connectivity index is 1.62. The first-order chi connectivity index (χ1) is 13.2. The molecule has 7 nitrogen and oxygen atoms in total. The van der Waals surface area contributed by atoms with Crippen LogP contribution in [0.5, 0.6) is 0 Å². The zero-order valence-electron chi connectivity index (χ0n) is 15.2. The third kappa shape index (κ3) is 4.13. The number of thiazole rings is 1. The minimum atomic E-state index is -0.174. The van der Waals surface area contributed by atoms with E-state index in [1.807, 2.05) is 12.1 Å². The molecule has 27 heavy (non-hydrogen) atoms. The lowest BCUT2D eigenvalue weighted by molar-refractivity contribution is 0.0391. The summed E-state index contributed by atoms with van der Waals surface area (Å²) in [4.78, 5) is 30.0. The molecule has 0 saturated carbocycles. The van der Waals surface area contributed by atoms with Gasteiger partial charge in [0.1, 0.15) is 5.69 Å². The number of aryl methyl sites for hydroxylation is 1. The van der Waals surface area contributed by atoms with Crippen LogP contribution in [0.15, 0.2) is 36.8 Å². The predicted molar refractivity (Wildman–Crippen MR) is 105 cm³/mol. The molecule has 0 spiro atoms. The van der Waals surface area contributed by atoms with Gasteiger partial charge in [-0.05, 0) is 24.6 Å². The number of carbonyl (C=O) groups excluding carboxylic acids is 1. The number of anilines is 1. The molecule has 3 aromatic rings. The molecule has 2 aromatic heterocycles. The second-order valence-electron chi connectivity index (χ2n) is 6.47. The monoisotopic (exact) mass is 383 g/mol. The molecule has 1 fully saturated rings. The Bertz CT molecular complexity index is 924. The van der Waals surface area contributed by atoms with Crippen molar-refractivity contribution in [3.63, 3.8) is 0 Å². The lowest BCUT2D eigenvalue weighted by Gasteiger charge is -2.29. The Hall–Kier alpha value is -2.42. The fourth-order valence-corrected chi connectivity index (χ4v) is 4.12. The molecule has 0 N–H and O–H groups in total. The van der Waals surface area contributed by atoms with Crippen molar-refractivity contribution in [2.45, 2.75) is 6.92 Å². The number of hydrogen-bond acceptors (Lipinski definition) is 7. The number of rotatable bonds is 5. The van der Waals surface area contributed by atoms with Crippen LogP contribution in [0.2, 0.25) is 0 Å². The van der Waals surface area contributed by atoms with Crippen molar-refractivity contribution in [2.75, 3.05) is 44.3 Å². The van der Waals surface area contributed by atoms with E-state index in [4.69, 9.17) is 9.72 Å². The van der Waals surface area contributed by atoms with E-state index in [2.05, 4.69) is 27.9 Å². The number of nitrogens with zero attached hydrogens (tertiary/aromatic N) is 5. The summed E-state index contributed by atoms with van der Waals surface area (Å²) in [6.07, 6.45) is 4.60. The van der Waals surface area contributed by atoms with Gasteiger partial charge in [-0.25, -0.2) is 9.97 Å². The number of morpholine rings is 1. The SMILES string of the molecule is Cc1ccc2nc(N(CCN3CCOCC3)C(=O)c3cnccn3)sc2c1. The van der Waals surface area contributed by atoms with Crippen LogP contribution in [0.25, 0.3) is 10.2 Å². The molecule has 4 rings (SSSR count). The minimum absolute atomic E-state index is 0.174. The van der Waals surface area contributed by atoms with E-state index in [0.29, 0.717) is 17.4 Å². The summed E-state index contributed by atoms with van der Waals surface area (Å²) in [5, 5.41) is 0.694. The van der Waals surface area contributed by atoms with E-state index in [0.717, 1.165) is 43.1 Å². The number of benzene rings is 1. The molecule has 0 unspecified atom stereocenters. The maximum absolute atomic E-state index is 13.1. The number of amides is 1. The van der Waals surface area contributed by atoms with Gasteiger partial charge < -0.3 is 4.74 Å². The van der Waals surface area contributed by atoms with E-state index >= 15 is 0 Å². The Labute approximate surface area is 161 Å². The van der Waals surface area contributed by atoms with Crippen molar-refractivity contribution in [2.24, 2.45) is 0 Å². The molecule has 1 saturated heterocycles. The molecule has 1 aliphatic heterocycles. The third-order valence-corrected chi connectivity index (χ3v) is 5.58. The zero-order chi connectivity index (χ0) is 18.6. The minimum Gasteiger partial charge on any atom is -0.379 e. The standard InChI is InChI=1S/C19H21N5O2S/c1-14-2-3-15-17(12-14)27-19(22-15)24(7-6-23-8-10-26-11-9-23)18(25)16-13-20-4-5-21-16/h2-5,12-13H,6-11H2,1H3. The van der Waals surface area contributed by atoms with Gasteiger partial charge in [-0.2, -0.15) is 0 Å². The molecule has 0 bridgehead atoms. The van der Waals surface area contributed by atoms with Gasteiger partial charge in [0.15, 0.2) is 5.13 Å². The van der Waals surface area contributed by atoms with Gasteiger partial charge in [0.05, 0.1) is 29.6 Å². The summed E-state index contributed by atoms with van der Waals surface area (Å²) in [6, 6.07) is 6.13. The van der Waals surface area contributed by atoms with Crippen molar-refractivity contribution >= 4 is 32.6 Å². The number of carbonyl (C=O) groups is 1. The molecule has 1 aliphatic rings. The number of hydrogen-bond donors (Lipinski definition) is 0. The Morgan fingerprint density at radius 3 is 2.93 bits per heavy atom. The fraction of sp³-hybridized carbons (Fsp3) is 0.368. The van der Waals surface area contributed by atoms with Crippen LogP contribution in [0.1, 0.15) is 16.1 Å². The topological polar surface area (TPSA) is 71.5 Å². The van der Waals surface area contributed by atoms with E-state index < -0.39 is 0 Å². The van der Waals surface area contributed by atoms with Crippen LogP contribution in [0, 0.1) is 6.92 Å². The van der Waals surface area contributed by atoms with E-state index in [-0.39, 0.29) is 5.91 Å². The lowest BCUT2D eigenvalue weighted by Crippen LogP contribution is -2.43. The van der Waals surface area contributed by atoms with E-state index in [1.165, 1.54) is 29.3 Å². The van der Waals surface area contributed by atoms with E-state index in [1.54, 1.807) is 11.1 Å². The summed E-state index contributed by atoms with van der Waals surface area (Å²) in [7, 11) is 0. The predicted octanol–water partition coefficient (Wildman–Crippen LogP) is 2.37. The first-order valence-electron chi connectivity index (χ1n) is 8.96. The molecule has 1 amide bonds. The van der Waals surface area contributed by atoms with Crippen molar-refractivity contribution in [1.82, 2.24) is 19.9 Å². The second kappa shape index (κ2) is 8.08.